The van der Waals surface area contributed by atoms with Gasteiger partial charge in [0.05, 0.1) is 11.6 Å². The Morgan fingerprint density at radius 1 is 1.20 bits per heavy atom. The molecule has 164 valence electrons. The van der Waals surface area contributed by atoms with Crippen LogP contribution in [0.5, 0.6) is 0 Å². The Hall–Kier alpha value is -2.12. The van der Waals surface area contributed by atoms with Crippen molar-refractivity contribution in [3.8, 4) is 11.4 Å². The zero-order valence-electron chi connectivity index (χ0n) is 18.6. The molecule has 0 bridgehead atoms. The van der Waals surface area contributed by atoms with Crippen molar-refractivity contribution in [3.05, 3.63) is 34.6 Å². The van der Waals surface area contributed by atoms with E-state index in [0.717, 1.165) is 18.4 Å². The number of aryl methyl sites for hydroxylation is 1. The molecule has 0 atom stereocenters. The van der Waals surface area contributed by atoms with E-state index in [1.807, 2.05) is 38.4 Å². The van der Waals surface area contributed by atoms with E-state index in [-0.39, 0.29) is 12.1 Å². The molecule has 0 spiro atoms. The highest BCUT2D eigenvalue weighted by molar-refractivity contribution is 6.30. The predicted molar refractivity (Wildman–Crippen MR) is 117 cm³/mol. The summed E-state index contributed by atoms with van der Waals surface area (Å²) in [5.41, 5.74) is -0.0751. The molecule has 1 aromatic carbocycles. The number of carbonyl (C=O) groups is 1. The minimum absolute atomic E-state index is 0.102. The van der Waals surface area contributed by atoms with E-state index in [2.05, 4.69) is 10.1 Å². The van der Waals surface area contributed by atoms with Gasteiger partial charge in [0.1, 0.15) is 11.4 Å². The summed E-state index contributed by atoms with van der Waals surface area (Å²) in [6.45, 7) is 12.1. The maximum absolute atomic E-state index is 12.4. The number of nitrogens with zero attached hydrogens (tertiary/aromatic N) is 4. The molecule has 8 heteroatoms. The van der Waals surface area contributed by atoms with Gasteiger partial charge in [-0.2, -0.15) is 5.10 Å². The molecule has 1 fully saturated rings. The second-order valence-corrected chi connectivity index (χ2v) is 9.81. The van der Waals surface area contributed by atoms with Gasteiger partial charge in [0.25, 0.3) is 0 Å². The number of carbonyl (C=O) groups excluding carboxylic acids is 1. The lowest BCUT2D eigenvalue weighted by Crippen LogP contribution is -2.42. The fourth-order valence-corrected chi connectivity index (χ4v) is 3.88. The topological polar surface area (TPSA) is 80.5 Å². The molecule has 2 heterocycles. The summed E-state index contributed by atoms with van der Waals surface area (Å²) in [5.74, 6) is 1.37. The quantitative estimate of drug-likeness (QED) is 0.756. The van der Waals surface area contributed by atoms with Gasteiger partial charge in [-0.3, -0.25) is 0 Å². The van der Waals surface area contributed by atoms with Crippen molar-refractivity contribution in [2.45, 2.75) is 71.6 Å². The molecular weight excluding hydrogens is 404 g/mol. The highest BCUT2D eigenvalue weighted by atomic mass is 35.5. The number of hydrogen-bond acceptors (Lipinski definition) is 5. The number of piperidine rings is 1. The molecule has 0 aliphatic carbocycles. The molecule has 1 N–H and O–H groups in total. The minimum atomic E-state index is -1.08. The van der Waals surface area contributed by atoms with Crippen molar-refractivity contribution in [3.63, 3.8) is 0 Å². The van der Waals surface area contributed by atoms with Crippen molar-refractivity contribution in [1.29, 1.82) is 0 Å². The van der Waals surface area contributed by atoms with Crippen LogP contribution < -0.4 is 0 Å². The molecule has 1 aliphatic rings. The largest absolute Gasteiger partial charge is 0.444 e. The maximum Gasteiger partial charge on any atom is 0.410 e. The Kier molecular flexibility index (Phi) is 6.16. The molecule has 0 unspecified atom stereocenters. The van der Waals surface area contributed by atoms with Crippen molar-refractivity contribution in [1.82, 2.24) is 19.7 Å². The van der Waals surface area contributed by atoms with E-state index in [9.17, 15) is 9.90 Å². The highest BCUT2D eigenvalue weighted by Crippen LogP contribution is 2.35. The second-order valence-electron chi connectivity index (χ2n) is 9.37. The molecule has 1 aliphatic heterocycles. The summed E-state index contributed by atoms with van der Waals surface area (Å²) in [6, 6.07) is 5.55. The van der Waals surface area contributed by atoms with Crippen LogP contribution >= 0.6 is 11.6 Å². The van der Waals surface area contributed by atoms with Crippen LogP contribution in [-0.2, 0) is 10.3 Å². The lowest BCUT2D eigenvalue weighted by atomic mass is 9.92. The first-order valence-electron chi connectivity index (χ1n) is 10.3. The minimum Gasteiger partial charge on any atom is -0.444 e. The number of ether oxygens (including phenoxy) is 1. The zero-order valence-corrected chi connectivity index (χ0v) is 19.3. The number of benzene rings is 1. The van der Waals surface area contributed by atoms with Gasteiger partial charge in [0, 0.05) is 23.7 Å². The Morgan fingerprint density at radius 3 is 2.40 bits per heavy atom. The van der Waals surface area contributed by atoms with Gasteiger partial charge >= 0.3 is 6.09 Å². The zero-order chi connectivity index (χ0) is 22.3. The molecular formula is C22H31ClN4O3. The number of amides is 1. The number of rotatable bonds is 3. The molecule has 1 saturated heterocycles. The van der Waals surface area contributed by atoms with Crippen LogP contribution in [0.25, 0.3) is 11.4 Å². The van der Waals surface area contributed by atoms with E-state index >= 15 is 0 Å². The SMILES string of the molecule is Cc1nc(-c2ccc(Cl)cc2C(C)(C)O)n(C2CCN(C(=O)OC(C)(C)C)CC2)n1. The fourth-order valence-electron chi connectivity index (χ4n) is 3.71. The number of hydrogen-bond donors (Lipinski definition) is 1. The monoisotopic (exact) mass is 434 g/mol. The van der Waals surface area contributed by atoms with Crippen molar-refractivity contribution in [2.75, 3.05) is 13.1 Å². The van der Waals surface area contributed by atoms with Crippen LogP contribution in [0, 0.1) is 6.92 Å². The number of aliphatic hydroxyl groups is 1. The summed E-state index contributed by atoms with van der Waals surface area (Å²) in [5, 5.41) is 15.9. The lowest BCUT2D eigenvalue weighted by Gasteiger charge is -2.34. The molecule has 30 heavy (non-hydrogen) atoms. The van der Waals surface area contributed by atoms with Crippen molar-refractivity contribution >= 4 is 17.7 Å². The lowest BCUT2D eigenvalue weighted by molar-refractivity contribution is 0.0185. The summed E-state index contributed by atoms with van der Waals surface area (Å²) in [4.78, 5) is 18.8. The van der Waals surface area contributed by atoms with Gasteiger partial charge in [-0.15, -0.1) is 0 Å². The smallest absolute Gasteiger partial charge is 0.410 e. The Balaban J connectivity index is 1.86. The first kappa shape index (κ1) is 22.6. The molecule has 1 aromatic heterocycles. The first-order chi connectivity index (χ1) is 13.8. The average molecular weight is 435 g/mol. The first-order valence-corrected chi connectivity index (χ1v) is 10.7. The van der Waals surface area contributed by atoms with E-state index in [1.54, 1.807) is 30.9 Å². The average Bonchev–Trinajstić information content (AvgIpc) is 3.01. The normalized spacial score (nSPS) is 16.1. The fraction of sp³-hybridized carbons (Fsp3) is 0.591. The molecule has 2 aromatic rings. The molecule has 7 nitrogen and oxygen atoms in total. The highest BCUT2D eigenvalue weighted by Gasteiger charge is 2.31. The summed E-state index contributed by atoms with van der Waals surface area (Å²) >= 11 is 6.19. The van der Waals surface area contributed by atoms with E-state index < -0.39 is 11.2 Å². The van der Waals surface area contributed by atoms with Gasteiger partial charge in [-0.05, 0) is 78.1 Å². The number of aromatic nitrogens is 3. The van der Waals surface area contributed by atoms with Gasteiger partial charge in [0.2, 0.25) is 0 Å². The maximum atomic E-state index is 12.4. The Bertz CT molecular complexity index is 919. The van der Waals surface area contributed by atoms with Crippen LogP contribution in [-0.4, -0.2) is 49.6 Å². The van der Waals surface area contributed by atoms with E-state index in [4.69, 9.17) is 16.3 Å². The van der Waals surface area contributed by atoms with Crippen LogP contribution in [0.2, 0.25) is 5.02 Å². The predicted octanol–water partition coefficient (Wildman–Crippen LogP) is 4.71. The molecule has 1 amide bonds. The Labute approximate surface area is 183 Å². The van der Waals surface area contributed by atoms with Gasteiger partial charge < -0.3 is 14.7 Å². The van der Waals surface area contributed by atoms with Gasteiger partial charge in [0.15, 0.2) is 5.82 Å². The number of halogens is 1. The van der Waals surface area contributed by atoms with E-state index in [1.165, 1.54) is 0 Å². The third-order valence-electron chi connectivity index (χ3n) is 5.08. The Morgan fingerprint density at radius 2 is 1.83 bits per heavy atom. The van der Waals surface area contributed by atoms with Crippen LogP contribution in [0.3, 0.4) is 0 Å². The second kappa shape index (κ2) is 8.19. The van der Waals surface area contributed by atoms with Crippen molar-refractivity contribution in [2.24, 2.45) is 0 Å². The molecule has 0 saturated carbocycles. The third kappa shape index (κ3) is 5.13. The third-order valence-corrected chi connectivity index (χ3v) is 5.32. The van der Waals surface area contributed by atoms with E-state index in [0.29, 0.717) is 35.3 Å². The molecule has 0 radical (unpaired) electrons. The standard InChI is InChI=1S/C22H31ClN4O3/c1-14-24-19(17-8-7-15(23)13-18(17)22(5,6)29)27(25-14)16-9-11-26(12-10-16)20(28)30-21(2,3)4/h7-8,13,16,29H,9-12H2,1-6H3. The van der Waals surface area contributed by atoms with Crippen LogP contribution in [0.1, 0.15) is 64.9 Å². The van der Waals surface area contributed by atoms with Crippen LogP contribution in [0.15, 0.2) is 18.2 Å². The summed E-state index contributed by atoms with van der Waals surface area (Å²) < 4.78 is 7.42. The van der Waals surface area contributed by atoms with Gasteiger partial charge in [-0.25, -0.2) is 14.5 Å². The summed E-state index contributed by atoms with van der Waals surface area (Å²) in [7, 11) is 0. The van der Waals surface area contributed by atoms with Crippen LogP contribution in [0.4, 0.5) is 4.79 Å². The van der Waals surface area contributed by atoms with Gasteiger partial charge in [-0.1, -0.05) is 11.6 Å². The summed E-state index contributed by atoms with van der Waals surface area (Å²) in [6.07, 6.45) is 1.22. The number of likely N-dealkylation sites (tertiary alicyclic amines) is 1. The molecule has 3 rings (SSSR count). The van der Waals surface area contributed by atoms with Crippen molar-refractivity contribution < 1.29 is 14.6 Å².